The molecule has 0 bridgehead atoms. The van der Waals surface area contributed by atoms with Crippen molar-refractivity contribution in [2.24, 2.45) is 0 Å². The van der Waals surface area contributed by atoms with Gasteiger partial charge in [-0.25, -0.2) is 0 Å². The summed E-state index contributed by atoms with van der Waals surface area (Å²) in [6.45, 7) is 3.33. The summed E-state index contributed by atoms with van der Waals surface area (Å²) in [4.78, 5) is 35.4. The Kier molecular flexibility index (Phi) is 11.4. The molecule has 0 unspecified atom stereocenters. The van der Waals surface area contributed by atoms with E-state index in [1.54, 1.807) is 31.4 Å². The van der Waals surface area contributed by atoms with E-state index in [-0.39, 0.29) is 23.9 Å². The molecule has 0 heterocycles. The Morgan fingerprint density at radius 1 is 1.14 bits per heavy atom. The summed E-state index contributed by atoms with van der Waals surface area (Å²) < 4.78 is 9.84. The standard InChI is InChI=1S/C19H27N3O5S/c1-3-11-27-17(24)9-8-16(23)22-19(28)21-15-7-4-6-14(13-15)18(25)20-10-5-12-26-2/h4,6-7,13H,3,5,8-12H2,1-2H3,(H,20,25)(H2,21,22,23,28). The smallest absolute Gasteiger partial charge is 0.306 e. The molecule has 8 nitrogen and oxygen atoms in total. The van der Waals surface area contributed by atoms with Crippen molar-refractivity contribution < 1.29 is 23.9 Å². The molecule has 28 heavy (non-hydrogen) atoms. The van der Waals surface area contributed by atoms with Gasteiger partial charge in [0.2, 0.25) is 5.91 Å². The van der Waals surface area contributed by atoms with Crippen LogP contribution < -0.4 is 16.0 Å². The lowest BCUT2D eigenvalue weighted by Gasteiger charge is -2.11. The minimum absolute atomic E-state index is 0.00677. The van der Waals surface area contributed by atoms with Gasteiger partial charge in [-0.15, -0.1) is 0 Å². The van der Waals surface area contributed by atoms with Crippen LogP contribution in [-0.4, -0.2) is 49.8 Å². The minimum Gasteiger partial charge on any atom is -0.466 e. The molecule has 3 N–H and O–H groups in total. The number of nitrogens with one attached hydrogen (secondary N) is 3. The van der Waals surface area contributed by atoms with E-state index in [9.17, 15) is 14.4 Å². The van der Waals surface area contributed by atoms with Crippen molar-refractivity contribution >= 4 is 40.8 Å². The Labute approximate surface area is 170 Å². The molecule has 1 rings (SSSR count). The molecule has 1 aromatic rings. The second kappa shape index (κ2) is 13.6. The van der Waals surface area contributed by atoms with Crippen LogP contribution in [0.2, 0.25) is 0 Å². The molecule has 2 amide bonds. The fourth-order valence-electron chi connectivity index (χ4n) is 2.11. The SMILES string of the molecule is CCCOC(=O)CCC(=O)NC(=S)Nc1cccc(C(=O)NCCCOC)c1. The summed E-state index contributed by atoms with van der Waals surface area (Å²) in [5.74, 6) is -1.02. The Morgan fingerprint density at radius 2 is 1.93 bits per heavy atom. The van der Waals surface area contributed by atoms with Gasteiger partial charge < -0.3 is 25.4 Å². The Morgan fingerprint density at radius 3 is 2.64 bits per heavy atom. The molecule has 0 aliphatic rings. The first-order chi connectivity index (χ1) is 13.5. The van der Waals surface area contributed by atoms with Crippen molar-refractivity contribution in [3.8, 4) is 0 Å². The maximum absolute atomic E-state index is 12.1. The van der Waals surface area contributed by atoms with Crippen LogP contribution in [0.3, 0.4) is 0 Å². The number of methoxy groups -OCH3 is 1. The Bertz CT molecular complexity index is 681. The van der Waals surface area contributed by atoms with Crippen LogP contribution in [-0.2, 0) is 19.1 Å². The number of hydrogen-bond acceptors (Lipinski definition) is 6. The number of carbonyl (C=O) groups is 3. The van der Waals surface area contributed by atoms with E-state index in [1.807, 2.05) is 6.92 Å². The first kappa shape index (κ1) is 23.5. The lowest BCUT2D eigenvalue weighted by molar-refractivity contribution is -0.144. The van der Waals surface area contributed by atoms with Crippen molar-refractivity contribution in [1.29, 1.82) is 0 Å². The van der Waals surface area contributed by atoms with Gasteiger partial charge in [-0.3, -0.25) is 14.4 Å². The van der Waals surface area contributed by atoms with Gasteiger partial charge in [0.25, 0.3) is 5.91 Å². The first-order valence-electron chi connectivity index (χ1n) is 9.10. The molecule has 0 saturated heterocycles. The number of hydrogen-bond donors (Lipinski definition) is 3. The van der Waals surface area contributed by atoms with E-state index < -0.39 is 11.9 Å². The maximum atomic E-state index is 12.1. The largest absolute Gasteiger partial charge is 0.466 e. The lowest BCUT2D eigenvalue weighted by atomic mass is 10.2. The van der Waals surface area contributed by atoms with Gasteiger partial charge in [0.1, 0.15) is 0 Å². The van der Waals surface area contributed by atoms with Crippen LogP contribution >= 0.6 is 12.2 Å². The van der Waals surface area contributed by atoms with Crippen molar-refractivity contribution in [3.63, 3.8) is 0 Å². The summed E-state index contributed by atoms with van der Waals surface area (Å²) in [5.41, 5.74) is 1.03. The van der Waals surface area contributed by atoms with Gasteiger partial charge in [0, 0.05) is 37.9 Å². The number of ether oxygens (including phenoxy) is 2. The van der Waals surface area contributed by atoms with Crippen LogP contribution in [0.1, 0.15) is 43.0 Å². The first-order valence-corrected chi connectivity index (χ1v) is 9.50. The molecule has 0 saturated carbocycles. The fraction of sp³-hybridized carbons (Fsp3) is 0.474. The van der Waals surface area contributed by atoms with Crippen LogP contribution in [0.4, 0.5) is 5.69 Å². The van der Waals surface area contributed by atoms with Gasteiger partial charge in [0.15, 0.2) is 5.11 Å². The van der Waals surface area contributed by atoms with E-state index in [0.717, 1.165) is 12.8 Å². The average Bonchev–Trinajstić information content (AvgIpc) is 2.68. The molecule has 9 heteroatoms. The monoisotopic (exact) mass is 409 g/mol. The van der Waals surface area contributed by atoms with E-state index in [4.69, 9.17) is 21.7 Å². The Balaban J connectivity index is 2.43. The predicted octanol–water partition coefficient (Wildman–Crippen LogP) is 2.00. The van der Waals surface area contributed by atoms with E-state index in [2.05, 4.69) is 16.0 Å². The number of thiocarbonyl (C=S) groups is 1. The van der Waals surface area contributed by atoms with Gasteiger partial charge in [0.05, 0.1) is 13.0 Å². The highest BCUT2D eigenvalue weighted by Crippen LogP contribution is 2.10. The number of rotatable bonds is 11. The summed E-state index contributed by atoms with van der Waals surface area (Å²) >= 11 is 5.10. The van der Waals surface area contributed by atoms with Gasteiger partial charge >= 0.3 is 5.97 Å². The molecule has 0 aliphatic heterocycles. The normalized spacial score (nSPS) is 10.1. The van der Waals surface area contributed by atoms with Gasteiger partial charge in [-0.05, 0) is 43.3 Å². The average molecular weight is 410 g/mol. The molecule has 1 aromatic carbocycles. The number of amides is 2. The van der Waals surface area contributed by atoms with Crippen LogP contribution in [0, 0.1) is 0 Å². The molecule has 0 radical (unpaired) electrons. The maximum Gasteiger partial charge on any atom is 0.306 e. The number of benzene rings is 1. The number of anilines is 1. The third-order valence-corrected chi connectivity index (χ3v) is 3.67. The molecule has 0 spiro atoms. The highest BCUT2D eigenvalue weighted by atomic mass is 32.1. The molecule has 0 fully saturated rings. The van der Waals surface area contributed by atoms with Gasteiger partial charge in [-0.2, -0.15) is 0 Å². The number of carbonyl (C=O) groups excluding carboxylic acids is 3. The van der Waals surface area contributed by atoms with Crippen LogP contribution in [0.15, 0.2) is 24.3 Å². The van der Waals surface area contributed by atoms with E-state index >= 15 is 0 Å². The van der Waals surface area contributed by atoms with Crippen molar-refractivity contribution in [2.75, 3.05) is 32.2 Å². The highest BCUT2D eigenvalue weighted by molar-refractivity contribution is 7.80. The lowest BCUT2D eigenvalue weighted by Crippen LogP contribution is -2.34. The molecular formula is C19H27N3O5S. The number of esters is 1. The minimum atomic E-state index is -0.417. The molecule has 0 aromatic heterocycles. The summed E-state index contributed by atoms with van der Waals surface area (Å²) in [5, 5.41) is 8.23. The fourth-order valence-corrected chi connectivity index (χ4v) is 2.35. The second-order valence-electron chi connectivity index (χ2n) is 5.91. The van der Waals surface area contributed by atoms with Crippen LogP contribution in [0.5, 0.6) is 0 Å². The molecule has 154 valence electrons. The zero-order valence-corrected chi connectivity index (χ0v) is 17.0. The van der Waals surface area contributed by atoms with E-state index in [1.165, 1.54) is 0 Å². The molecule has 0 atom stereocenters. The van der Waals surface area contributed by atoms with Crippen LogP contribution in [0.25, 0.3) is 0 Å². The summed E-state index contributed by atoms with van der Waals surface area (Å²) in [6, 6.07) is 6.75. The zero-order chi connectivity index (χ0) is 20.8. The van der Waals surface area contributed by atoms with E-state index in [0.29, 0.717) is 31.0 Å². The predicted molar refractivity (Wildman–Crippen MR) is 110 cm³/mol. The van der Waals surface area contributed by atoms with Crippen molar-refractivity contribution in [2.45, 2.75) is 32.6 Å². The van der Waals surface area contributed by atoms with Crippen molar-refractivity contribution in [3.05, 3.63) is 29.8 Å². The Hall–Kier alpha value is -2.52. The molecular weight excluding hydrogens is 382 g/mol. The summed E-state index contributed by atoms with van der Waals surface area (Å²) in [7, 11) is 1.61. The quantitative estimate of drug-likeness (QED) is 0.292. The highest BCUT2D eigenvalue weighted by Gasteiger charge is 2.10. The van der Waals surface area contributed by atoms with Crippen molar-refractivity contribution in [1.82, 2.24) is 10.6 Å². The third-order valence-electron chi connectivity index (χ3n) is 3.47. The summed E-state index contributed by atoms with van der Waals surface area (Å²) in [6.07, 6.45) is 1.43. The topological polar surface area (TPSA) is 106 Å². The third kappa shape index (κ3) is 9.98. The zero-order valence-electron chi connectivity index (χ0n) is 16.2. The van der Waals surface area contributed by atoms with Gasteiger partial charge in [-0.1, -0.05) is 13.0 Å². The second-order valence-corrected chi connectivity index (χ2v) is 6.31. The molecule has 0 aliphatic carbocycles.